The van der Waals surface area contributed by atoms with Crippen molar-refractivity contribution in [3.8, 4) is 0 Å². The Hall–Kier alpha value is -2.49. The lowest BCUT2D eigenvalue weighted by Crippen LogP contribution is -2.66. The zero-order valence-corrected chi connectivity index (χ0v) is 15.8. The number of fused-ring (bicyclic) bond motifs is 3. The van der Waals surface area contributed by atoms with Gasteiger partial charge >= 0.3 is 12.0 Å². The Morgan fingerprint density at radius 2 is 1.96 bits per heavy atom. The molecule has 0 bridgehead atoms. The number of benzene rings is 1. The molecule has 0 radical (unpaired) electrons. The van der Waals surface area contributed by atoms with Crippen molar-refractivity contribution < 1.29 is 19.5 Å². The molecular weight excluding hydrogens is 362 g/mol. The van der Waals surface area contributed by atoms with Crippen molar-refractivity contribution in [3.63, 3.8) is 0 Å². The van der Waals surface area contributed by atoms with Crippen molar-refractivity contribution in [2.75, 3.05) is 33.2 Å². The number of amides is 3. The maximum atomic E-state index is 13.0. The molecule has 2 N–H and O–H groups in total. The zero-order valence-electron chi connectivity index (χ0n) is 15.8. The number of carboxylic acids is 1. The smallest absolute Gasteiger partial charge is 0.328 e. The van der Waals surface area contributed by atoms with Gasteiger partial charge in [0.2, 0.25) is 0 Å². The second-order valence-electron chi connectivity index (χ2n) is 7.50. The highest BCUT2D eigenvalue weighted by Gasteiger charge is 2.56. The van der Waals surface area contributed by atoms with Crippen molar-refractivity contribution in [1.82, 2.24) is 24.9 Å². The highest BCUT2D eigenvalue weighted by molar-refractivity contribution is 6.02. The number of carbonyl (C=O) groups is 3. The first-order valence-electron chi connectivity index (χ1n) is 9.57. The minimum absolute atomic E-state index is 0.142. The Balaban J connectivity index is 1.51. The number of hydrogen-bond acceptors (Lipinski definition) is 6. The third-order valence-electron chi connectivity index (χ3n) is 5.79. The van der Waals surface area contributed by atoms with Gasteiger partial charge in [0.1, 0.15) is 25.0 Å². The Morgan fingerprint density at radius 1 is 1.21 bits per heavy atom. The van der Waals surface area contributed by atoms with E-state index >= 15 is 0 Å². The molecule has 3 fully saturated rings. The molecule has 3 heterocycles. The van der Waals surface area contributed by atoms with Gasteiger partial charge in [0.05, 0.1) is 0 Å². The van der Waals surface area contributed by atoms with E-state index in [4.69, 9.17) is 5.11 Å². The van der Waals surface area contributed by atoms with Gasteiger partial charge in [0, 0.05) is 26.7 Å². The monoisotopic (exact) mass is 387 g/mol. The maximum Gasteiger partial charge on any atom is 0.328 e. The molecule has 0 aromatic heterocycles. The molecule has 28 heavy (non-hydrogen) atoms. The second kappa shape index (κ2) is 7.50. The van der Waals surface area contributed by atoms with E-state index in [0.717, 1.165) is 37.4 Å². The van der Waals surface area contributed by atoms with E-state index in [1.54, 1.807) is 7.05 Å². The predicted molar refractivity (Wildman–Crippen MR) is 100 cm³/mol. The summed E-state index contributed by atoms with van der Waals surface area (Å²) in [6, 6.07) is 9.11. The van der Waals surface area contributed by atoms with Crippen molar-refractivity contribution in [1.29, 1.82) is 0 Å². The lowest BCUT2D eigenvalue weighted by atomic mass is 10.1. The van der Waals surface area contributed by atoms with Gasteiger partial charge < -0.3 is 10.0 Å². The molecule has 150 valence electrons. The Morgan fingerprint density at radius 3 is 2.68 bits per heavy atom. The molecule has 3 saturated heterocycles. The van der Waals surface area contributed by atoms with Gasteiger partial charge in [-0.3, -0.25) is 29.6 Å². The highest BCUT2D eigenvalue weighted by Crippen LogP contribution is 2.30. The van der Waals surface area contributed by atoms with Crippen LogP contribution < -0.4 is 5.32 Å². The molecule has 0 spiro atoms. The van der Waals surface area contributed by atoms with Crippen LogP contribution in [0.25, 0.3) is 0 Å². The Labute approximate surface area is 163 Å². The van der Waals surface area contributed by atoms with Crippen LogP contribution in [0.2, 0.25) is 0 Å². The first kappa shape index (κ1) is 18.9. The molecule has 9 nitrogen and oxygen atoms in total. The van der Waals surface area contributed by atoms with Gasteiger partial charge in [-0.05, 0) is 18.4 Å². The number of carboxylic acid groups (broad SMARTS) is 1. The van der Waals surface area contributed by atoms with Crippen molar-refractivity contribution in [3.05, 3.63) is 35.9 Å². The third-order valence-corrected chi connectivity index (χ3v) is 5.79. The average Bonchev–Trinajstić information content (AvgIpc) is 3.09. The number of rotatable bonds is 5. The van der Waals surface area contributed by atoms with Crippen LogP contribution in [0, 0.1) is 0 Å². The number of nitrogens with one attached hydrogen (secondary N) is 1. The molecule has 1 aromatic carbocycles. The van der Waals surface area contributed by atoms with E-state index in [0.29, 0.717) is 0 Å². The largest absolute Gasteiger partial charge is 0.480 e. The Kier molecular flexibility index (Phi) is 5.05. The number of urea groups is 1. The molecule has 3 aliphatic heterocycles. The van der Waals surface area contributed by atoms with Crippen molar-refractivity contribution >= 4 is 17.9 Å². The summed E-state index contributed by atoms with van der Waals surface area (Å²) in [4.78, 5) is 43.2. The first-order chi connectivity index (χ1) is 13.5. The van der Waals surface area contributed by atoms with Crippen LogP contribution in [0.5, 0.6) is 0 Å². The lowest BCUT2D eigenvalue weighted by Gasteiger charge is -2.43. The summed E-state index contributed by atoms with van der Waals surface area (Å²) in [6.45, 7) is 1.87. The summed E-state index contributed by atoms with van der Waals surface area (Å²) in [6.07, 6.45) is 1.22. The first-order valence-corrected chi connectivity index (χ1v) is 9.57. The van der Waals surface area contributed by atoms with Gasteiger partial charge in [-0.25, -0.2) is 4.79 Å². The predicted octanol–water partition coefficient (Wildman–Crippen LogP) is -0.203. The molecular formula is C19H25N5O4. The second-order valence-corrected chi connectivity index (χ2v) is 7.50. The van der Waals surface area contributed by atoms with Crippen LogP contribution in [0.4, 0.5) is 4.79 Å². The summed E-state index contributed by atoms with van der Waals surface area (Å²) in [5.41, 5.74) is 1.26. The lowest BCUT2D eigenvalue weighted by molar-refractivity contribution is -0.148. The van der Waals surface area contributed by atoms with Gasteiger partial charge in [0.15, 0.2) is 0 Å². The number of hydrogen-bond donors (Lipinski definition) is 2. The summed E-state index contributed by atoms with van der Waals surface area (Å²) < 4.78 is 0. The quantitative estimate of drug-likeness (QED) is 0.722. The van der Waals surface area contributed by atoms with Crippen LogP contribution >= 0.6 is 0 Å². The standard InChI is InChI=1S/C19H25N5O4/c1-21-16-15(17(27)24(19(21)28)12-14(25)26)23-10-5-9-22(18(23)20-16)11-8-13-6-3-2-4-7-13/h2-4,6-7,15-16,18,20H,5,8-12H2,1H3,(H,25,26). The van der Waals surface area contributed by atoms with E-state index in [9.17, 15) is 14.4 Å². The number of carbonyl (C=O) groups excluding carboxylic acids is 2. The molecule has 0 saturated carbocycles. The van der Waals surface area contributed by atoms with Crippen molar-refractivity contribution in [2.45, 2.75) is 31.3 Å². The molecule has 1 aromatic rings. The van der Waals surface area contributed by atoms with Gasteiger partial charge in [-0.15, -0.1) is 0 Å². The topological polar surface area (TPSA) is 96.4 Å². The van der Waals surface area contributed by atoms with Crippen LogP contribution in [0.15, 0.2) is 30.3 Å². The molecule has 4 rings (SSSR count). The fraction of sp³-hybridized carbons (Fsp3) is 0.526. The SMILES string of the molecule is CN1C(=O)N(CC(=O)O)C(=O)C2C1NC1N(CCc3ccccc3)CCCN21. The van der Waals surface area contributed by atoms with Crippen LogP contribution in [-0.2, 0) is 16.0 Å². The van der Waals surface area contributed by atoms with Gasteiger partial charge in [0.25, 0.3) is 5.91 Å². The number of nitrogens with zero attached hydrogens (tertiary/aromatic N) is 4. The minimum Gasteiger partial charge on any atom is -0.480 e. The maximum absolute atomic E-state index is 13.0. The molecule has 3 amide bonds. The number of likely N-dealkylation sites (N-methyl/N-ethyl adjacent to an activating group) is 1. The summed E-state index contributed by atoms with van der Waals surface area (Å²) in [7, 11) is 1.61. The van der Waals surface area contributed by atoms with Crippen LogP contribution in [0.3, 0.4) is 0 Å². The van der Waals surface area contributed by atoms with E-state index < -0.39 is 36.7 Å². The summed E-state index contributed by atoms with van der Waals surface area (Å²) >= 11 is 0. The van der Waals surface area contributed by atoms with E-state index in [1.165, 1.54) is 10.5 Å². The number of aliphatic carboxylic acids is 1. The zero-order chi connectivity index (χ0) is 19.8. The number of imide groups is 1. The fourth-order valence-electron chi connectivity index (χ4n) is 4.42. The third kappa shape index (κ3) is 3.25. The highest BCUT2D eigenvalue weighted by atomic mass is 16.4. The molecule has 3 atom stereocenters. The summed E-state index contributed by atoms with van der Waals surface area (Å²) in [5, 5.41) is 12.5. The molecule has 9 heteroatoms. The normalized spacial score (nSPS) is 28.4. The minimum atomic E-state index is -1.20. The van der Waals surface area contributed by atoms with E-state index in [2.05, 4.69) is 27.2 Å². The molecule has 3 aliphatic rings. The van der Waals surface area contributed by atoms with Crippen LogP contribution in [-0.4, -0.2) is 94.3 Å². The van der Waals surface area contributed by atoms with Crippen LogP contribution in [0.1, 0.15) is 12.0 Å². The summed E-state index contributed by atoms with van der Waals surface area (Å²) in [5.74, 6) is -1.63. The molecule has 3 unspecified atom stereocenters. The van der Waals surface area contributed by atoms with Gasteiger partial charge in [-0.2, -0.15) is 0 Å². The van der Waals surface area contributed by atoms with Crippen molar-refractivity contribution in [2.24, 2.45) is 0 Å². The fourth-order valence-corrected chi connectivity index (χ4v) is 4.42. The average molecular weight is 387 g/mol. The molecule has 0 aliphatic carbocycles. The Bertz CT molecular complexity index is 773. The van der Waals surface area contributed by atoms with E-state index in [1.807, 2.05) is 18.2 Å². The van der Waals surface area contributed by atoms with Gasteiger partial charge in [-0.1, -0.05) is 30.3 Å². The van der Waals surface area contributed by atoms with E-state index in [-0.39, 0.29) is 6.29 Å².